The molecule has 1 aromatic carbocycles. The number of carbonyl (C=O) groups excluding carboxylic acids is 1. The van der Waals surface area contributed by atoms with Crippen molar-refractivity contribution >= 4 is 24.2 Å². The maximum Gasteiger partial charge on any atom is 0.411 e. The molecule has 0 spiro atoms. The molecular weight excluding hydrogens is 264 g/mol. The molecule has 108 valence electrons. The Labute approximate surface area is 121 Å². The molecule has 0 aliphatic rings. The molecular formula is C14H23ClN2O2. The van der Waals surface area contributed by atoms with Crippen molar-refractivity contribution in [3.8, 4) is 0 Å². The average Bonchev–Trinajstić information content (AvgIpc) is 2.36. The van der Waals surface area contributed by atoms with Gasteiger partial charge in [0, 0.05) is 18.3 Å². The van der Waals surface area contributed by atoms with Gasteiger partial charge in [-0.25, -0.2) is 4.79 Å². The van der Waals surface area contributed by atoms with Gasteiger partial charge in [0.2, 0.25) is 0 Å². The van der Waals surface area contributed by atoms with Gasteiger partial charge in [0.05, 0.1) is 0 Å². The summed E-state index contributed by atoms with van der Waals surface area (Å²) in [7, 11) is 0. The van der Waals surface area contributed by atoms with E-state index in [9.17, 15) is 4.79 Å². The topological polar surface area (TPSA) is 50.4 Å². The van der Waals surface area contributed by atoms with Crippen LogP contribution in [0.15, 0.2) is 30.3 Å². The van der Waals surface area contributed by atoms with Crippen LogP contribution in [0.1, 0.15) is 26.7 Å². The molecule has 1 rings (SSSR count). The molecule has 1 atom stereocenters. The van der Waals surface area contributed by atoms with Crippen LogP contribution in [-0.4, -0.2) is 25.3 Å². The molecule has 0 bridgehead atoms. The molecule has 0 fully saturated rings. The minimum Gasteiger partial charge on any atom is -0.448 e. The summed E-state index contributed by atoms with van der Waals surface area (Å²) in [4.78, 5) is 11.4. The SMILES string of the molecule is CCCC(C)NCCOC(=O)Nc1ccccc1.Cl. The fraction of sp³-hybridized carbons (Fsp3) is 0.500. The number of halogens is 1. The third-order valence-electron chi connectivity index (χ3n) is 2.57. The Balaban J connectivity index is 0.00000324. The first kappa shape index (κ1) is 17.7. The van der Waals surface area contributed by atoms with Crippen molar-refractivity contribution in [2.75, 3.05) is 18.5 Å². The standard InChI is InChI=1S/C14H22N2O2.ClH/c1-3-7-12(2)15-10-11-18-14(17)16-13-8-5-4-6-9-13;/h4-6,8-9,12,15H,3,7,10-11H2,1-2H3,(H,16,17);1H. The molecule has 0 aliphatic heterocycles. The first-order valence-electron chi connectivity index (χ1n) is 6.44. The van der Waals surface area contributed by atoms with Gasteiger partial charge in [-0.1, -0.05) is 31.5 Å². The highest BCUT2D eigenvalue weighted by Crippen LogP contribution is 2.04. The van der Waals surface area contributed by atoms with Crippen molar-refractivity contribution < 1.29 is 9.53 Å². The van der Waals surface area contributed by atoms with Gasteiger partial charge in [0.1, 0.15) is 6.61 Å². The van der Waals surface area contributed by atoms with E-state index in [0.717, 1.165) is 18.5 Å². The van der Waals surface area contributed by atoms with E-state index in [-0.39, 0.29) is 12.4 Å². The second-order valence-corrected chi connectivity index (χ2v) is 4.27. The van der Waals surface area contributed by atoms with Crippen molar-refractivity contribution in [1.29, 1.82) is 0 Å². The summed E-state index contributed by atoms with van der Waals surface area (Å²) < 4.78 is 5.06. The number of carbonyl (C=O) groups is 1. The Morgan fingerprint density at radius 2 is 2.00 bits per heavy atom. The summed E-state index contributed by atoms with van der Waals surface area (Å²) in [6, 6.07) is 9.74. The Morgan fingerprint density at radius 3 is 2.63 bits per heavy atom. The third kappa shape index (κ3) is 8.46. The normalized spacial score (nSPS) is 11.3. The maximum atomic E-state index is 11.4. The molecule has 5 heteroatoms. The van der Waals surface area contributed by atoms with Gasteiger partial charge in [-0.15, -0.1) is 12.4 Å². The Bertz CT molecular complexity index is 347. The lowest BCUT2D eigenvalue weighted by molar-refractivity contribution is 0.161. The molecule has 1 amide bonds. The van der Waals surface area contributed by atoms with Gasteiger partial charge < -0.3 is 10.1 Å². The lowest BCUT2D eigenvalue weighted by Gasteiger charge is -2.12. The second kappa shape index (κ2) is 10.6. The number of nitrogens with one attached hydrogen (secondary N) is 2. The zero-order valence-corrected chi connectivity index (χ0v) is 12.3. The van der Waals surface area contributed by atoms with Crippen LogP contribution in [0.4, 0.5) is 10.5 Å². The largest absolute Gasteiger partial charge is 0.448 e. The minimum atomic E-state index is -0.411. The number of hydrogen-bond acceptors (Lipinski definition) is 3. The van der Waals surface area contributed by atoms with Crippen LogP contribution in [0.3, 0.4) is 0 Å². The fourth-order valence-corrected chi connectivity index (χ4v) is 1.66. The number of rotatable bonds is 7. The van der Waals surface area contributed by atoms with Crippen LogP contribution in [0.25, 0.3) is 0 Å². The van der Waals surface area contributed by atoms with Crippen molar-refractivity contribution in [2.24, 2.45) is 0 Å². The third-order valence-corrected chi connectivity index (χ3v) is 2.57. The Morgan fingerprint density at radius 1 is 1.32 bits per heavy atom. The first-order chi connectivity index (χ1) is 8.72. The number of benzene rings is 1. The fourth-order valence-electron chi connectivity index (χ4n) is 1.66. The van der Waals surface area contributed by atoms with Crippen LogP contribution in [0, 0.1) is 0 Å². The zero-order chi connectivity index (χ0) is 13.2. The summed E-state index contributed by atoms with van der Waals surface area (Å²) in [5.41, 5.74) is 0.745. The quantitative estimate of drug-likeness (QED) is 0.755. The van der Waals surface area contributed by atoms with E-state index in [4.69, 9.17) is 4.74 Å². The van der Waals surface area contributed by atoms with Gasteiger partial charge in [-0.05, 0) is 25.5 Å². The van der Waals surface area contributed by atoms with Crippen molar-refractivity contribution in [3.63, 3.8) is 0 Å². The maximum absolute atomic E-state index is 11.4. The van der Waals surface area contributed by atoms with Crippen LogP contribution in [0.2, 0.25) is 0 Å². The van der Waals surface area contributed by atoms with Crippen LogP contribution in [-0.2, 0) is 4.74 Å². The molecule has 4 nitrogen and oxygen atoms in total. The van der Waals surface area contributed by atoms with Crippen molar-refractivity contribution in [1.82, 2.24) is 5.32 Å². The Kier molecular flexibility index (Phi) is 9.94. The molecule has 0 aliphatic carbocycles. The van der Waals surface area contributed by atoms with Gasteiger partial charge in [-0.2, -0.15) is 0 Å². The molecule has 2 N–H and O–H groups in total. The molecule has 0 saturated carbocycles. The monoisotopic (exact) mass is 286 g/mol. The minimum absolute atomic E-state index is 0. The van der Waals surface area contributed by atoms with E-state index >= 15 is 0 Å². The second-order valence-electron chi connectivity index (χ2n) is 4.27. The molecule has 0 aromatic heterocycles. The highest BCUT2D eigenvalue weighted by atomic mass is 35.5. The molecule has 1 aromatic rings. The predicted octanol–water partition coefficient (Wildman–Crippen LogP) is 3.44. The lowest BCUT2D eigenvalue weighted by Crippen LogP contribution is -2.30. The summed E-state index contributed by atoms with van der Waals surface area (Å²) in [6.07, 6.45) is 1.88. The van der Waals surface area contributed by atoms with Gasteiger partial charge in [0.15, 0.2) is 0 Å². The van der Waals surface area contributed by atoms with E-state index in [1.165, 1.54) is 0 Å². The van der Waals surface area contributed by atoms with Gasteiger partial charge >= 0.3 is 6.09 Å². The molecule has 0 heterocycles. The van der Waals surface area contributed by atoms with E-state index in [1.54, 1.807) is 0 Å². The smallest absolute Gasteiger partial charge is 0.411 e. The van der Waals surface area contributed by atoms with E-state index < -0.39 is 6.09 Å². The number of amides is 1. The van der Waals surface area contributed by atoms with E-state index in [1.807, 2.05) is 30.3 Å². The Hall–Kier alpha value is -1.26. The number of para-hydroxylation sites is 1. The number of hydrogen-bond donors (Lipinski definition) is 2. The number of anilines is 1. The molecule has 19 heavy (non-hydrogen) atoms. The van der Waals surface area contributed by atoms with Crippen molar-refractivity contribution in [2.45, 2.75) is 32.7 Å². The molecule has 0 saturated heterocycles. The molecule has 1 unspecified atom stereocenters. The summed E-state index contributed by atoms with van der Waals surface area (Å²) in [5.74, 6) is 0. The van der Waals surface area contributed by atoms with Crippen LogP contribution >= 0.6 is 12.4 Å². The highest BCUT2D eigenvalue weighted by molar-refractivity contribution is 5.85. The highest BCUT2D eigenvalue weighted by Gasteiger charge is 2.03. The van der Waals surface area contributed by atoms with Crippen LogP contribution in [0.5, 0.6) is 0 Å². The number of ether oxygens (including phenoxy) is 1. The predicted molar refractivity (Wildman–Crippen MR) is 81.0 cm³/mol. The van der Waals surface area contributed by atoms with Gasteiger partial charge in [-0.3, -0.25) is 5.32 Å². The lowest BCUT2D eigenvalue weighted by atomic mass is 10.2. The van der Waals surface area contributed by atoms with E-state index in [0.29, 0.717) is 19.2 Å². The molecule has 0 radical (unpaired) electrons. The zero-order valence-electron chi connectivity index (χ0n) is 11.5. The van der Waals surface area contributed by atoms with Crippen LogP contribution < -0.4 is 10.6 Å². The summed E-state index contributed by atoms with van der Waals surface area (Å²) in [5, 5.41) is 5.96. The first-order valence-corrected chi connectivity index (χ1v) is 6.44. The van der Waals surface area contributed by atoms with Gasteiger partial charge in [0.25, 0.3) is 0 Å². The summed E-state index contributed by atoms with van der Waals surface area (Å²) in [6.45, 7) is 5.35. The van der Waals surface area contributed by atoms with Crippen molar-refractivity contribution in [3.05, 3.63) is 30.3 Å². The summed E-state index contributed by atoms with van der Waals surface area (Å²) >= 11 is 0. The van der Waals surface area contributed by atoms with E-state index in [2.05, 4.69) is 24.5 Å². The average molecular weight is 287 g/mol.